The van der Waals surface area contributed by atoms with Crippen LogP contribution in [0.25, 0.3) is 0 Å². The zero-order chi connectivity index (χ0) is 27.5. The third-order valence-corrected chi connectivity index (χ3v) is 9.17. The van der Waals surface area contributed by atoms with Crippen LogP contribution in [0, 0.1) is 11.8 Å². The van der Waals surface area contributed by atoms with Gasteiger partial charge in [-0.05, 0) is 35.9 Å². The van der Waals surface area contributed by atoms with Gasteiger partial charge in [-0.1, -0.05) is 42.5 Å². The van der Waals surface area contributed by atoms with E-state index in [0.717, 1.165) is 25.3 Å². The van der Waals surface area contributed by atoms with Gasteiger partial charge in [0.2, 0.25) is 5.91 Å². The van der Waals surface area contributed by atoms with E-state index in [9.17, 15) is 14.4 Å². The van der Waals surface area contributed by atoms with Crippen molar-refractivity contribution in [1.82, 2.24) is 4.90 Å². The van der Waals surface area contributed by atoms with Crippen molar-refractivity contribution in [3.63, 3.8) is 0 Å². The molecule has 3 aliphatic heterocycles. The summed E-state index contributed by atoms with van der Waals surface area (Å²) >= 11 is 1.74. The number of primary amides is 1. The highest BCUT2D eigenvalue weighted by Crippen LogP contribution is 2.56. The number of fused-ring (bicyclic) bond motifs is 3. The zero-order valence-corrected chi connectivity index (χ0v) is 22.2. The molecule has 0 spiro atoms. The third kappa shape index (κ3) is 5.45. The first kappa shape index (κ1) is 27.0. The van der Waals surface area contributed by atoms with Crippen molar-refractivity contribution < 1.29 is 24.2 Å². The predicted molar refractivity (Wildman–Crippen MR) is 150 cm³/mol. The van der Waals surface area contributed by atoms with Crippen LogP contribution in [0.3, 0.4) is 0 Å². The largest absolute Gasteiger partial charge is 0.480 e. The van der Waals surface area contributed by atoms with Gasteiger partial charge in [0.25, 0.3) is 5.91 Å². The minimum Gasteiger partial charge on any atom is -0.480 e. The van der Waals surface area contributed by atoms with Crippen molar-refractivity contribution in [3.8, 4) is 0 Å². The highest BCUT2D eigenvalue weighted by molar-refractivity contribution is 8.01. The summed E-state index contributed by atoms with van der Waals surface area (Å²) in [5.41, 5.74) is 14.4. The number of carbonyl (C=O) groups excluding carboxylic acids is 2. The number of thioether (sulfide) groups is 1. The Labute approximate surface area is 231 Å². The summed E-state index contributed by atoms with van der Waals surface area (Å²) in [5.74, 6) is -0.807. The molecule has 2 amide bonds. The van der Waals surface area contributed by atoms with Gasteiger partial charge in [0.1, 0.15) is 6.54 Å². The number of hydrogen-bond acceptors (Lipinski definition) is 7. The van der Waals surface area contributed by atoms with E-state index in [1.54, 1.807) is 54.2 Å². The fourth-order valence-corrected chi connectivity index (χ4v) is 7.59. The monoisotopic (exact) mass is 548 g/mol. The Kier molecular flexibility index (Phi) is 8.06. The lowest BCUT2D eigenvalue weighted by Crippen LogP contribution is -2.47. The van der Waals surface area contributed by atoms with Gasteiger partial charge < -0.3 is 26.2 Å². The Balaban J connectivity index is 0.000000159. The molecule has 10 heteroatoms. The number of allylic oxidation sites excluding steroid dienone is 3. The minimum absolute atomic E-state index is 0.0668. The lowest BCUT2D eigenvalue weighted by atomic mass is 9.82. The van der Waals surface area contributed by atoms with E-state index in [-0.39, 0.29) is 17.1 Å². The van der Waals surface area contributed by atoms with Gasteiger partial charge in [-0.2, -0.15) is 0 Å². The molecule has 5 unspecified atom stereocenters. The van der Waals surface area contributed by atoms with Gasteiger partial charge in [0.15, 0.2) is 0 Å². The van der Waals surface area contributed by atoms with E-state index in [4.69, 9.17) is 21.3 Å². The van der Waals surface area contributed by atoms with Crippen LogP contribution in [-0.2, 0) is 20.9 Å². The Morgan fingerprint density at radius 1 is 1.13 bits per heavy atom. The van der Waals surface area contributed by atoms with E-state index in [1.165, 1.54) is 10.6 Å². The summed E-state index contributed by atoms with van der Waals surface area (Å²) in [6.45, 7) is 2.40. The molecule has 2 aromatic rings. The number of para-hydroxylation sites is 1. The molecular formula is C29H32N4O5S. The molecule has 5 N–H and O–H groups in total. The van der Waals surface area contributed by atoms with Crippen molar-refractivity contribution in [2.45, 2.75) is 23.1 Å². The normalized spacial score (nSPS) is 26.0. The number of carboxylic acids is 1. The van der Waals surface area contributed by atoms with E-state index in [0.29, 0.717) is 40.9 Å². The SMILES string of the molecule is NC(=O)C1SC2C=CC=C3C2C1C1COCCN31.NCc1cccc(C(=O)N(CC(=O)O)c2ccccc2)c1. The zero-order valence-electron chi connectivity index (χ0n) is 21.4. The second kappa shape index (κ2) is 11.6. The van der Waals surface area contributed by atoms with Gasteiger partial charge >= 0.3 is 5.97 Å². The van der Waals surface area contributed by atoms with Crippen molar-refractivity contribution in [2.24, 2.45) is 23.3 Å². The van der Waals surface area contributed by atoms with Gasteiger partial charge in [-0.15, -0.1) is 11.8 Å². The maximum absolute atomic E-state index is 12.6. The van der Waals surface area contributed by atoms with Crippen molar-refractivity contribution in [3.05, 3.63) is 89.6 Å². The number of nitrogens with zero attached hydrogens (tertiary/aromatic N) is 2. The molecule has 1 aliphatic carbocycles. The molecule has 4 aliphatic rings. The van der Waals surface area contributed by atoms with Crippen LogP contribution in [0.5, 0.6) is 0 Å². The van der Waals surface area contributed by atoms with Crippen LogP contribution >= 0.6 is 11.8 Å². The van der Waals surface area contributed by atoms with Gasteiger partial charge in [0, 0.05) is 47.1 Å². The summed E-state index contributed by atoms with van der Waals surface area (Å²) in [5, 5.41) is 9.38. The van der Waals surface area contributed by atoms with Crippen LogP contribution in [0.4, 0.5) is 5.69 Å². The predicted octanol–water partition coefficient (Wildman–Crippen LogP) is 2.23. The minimum atomic E-state index is -1.07. The van der Waals surface area contributed by atoms with E-state index < -0.39 is 12.5 Å². The highest BCUT2D eigenvalue weighted by atomic mass is 32.2. The van der Waals surface area contributed by atoms with Gasteiger partial charge in [0.05, 0.1) is 24.5 Å². The first-order valence-corrected chi connectivity index (χ1v) is 13.9. The number of carbonyl (C=O) groups is 3. The quantitative estimate of drug-likeness (QED) is 0.500. The molecule has 6 rings (SSSR count). The molecule has 2 aromatic carbocycles. The molecule has 204 valence electrons. The number of amides is 2. The molecule has 0 bridgehead atoms. The smallest absolute Gasteiger partial charge is 0.323 e. The molecule has 0 saturated carbocycles. The Hall–Kier alpha value is -3.60. The van der Waals surface area contributed by atoms with Gasteiger partial charge in [-0.3, -0.25) is 19.3 Å². The molecule has 3 saturated heterocycles. The standard InChI is InChI=1S/C16H16N2O3.C13H16N2O2S/c17-10-12-5-4-6-13(9-12)16(21)18(11-15(19)20)14-7-2-1-3-8-14;14-13(16)12-11-8-6-17-5-4-15(8)7-2-1-3-9(18-12)10(7)11/h1-9H,10-11,17H2,(H,19,20);1-3,8-12H,4-6H2,(H2,14,16). The summed E-state index contributed by atoms with van der Waals surface area (Å²) in [6.07, 6.45) is 6.55. The summed E-state index contributed by atoms with van der Waals surface area (Å²) in [6, 6.07) is 16.0. The second-order valence-corrected chi connectivity index (χ2v) is 11.2. The number of rotatable bonds is 6. The van der Waals surface area contributed by atoms with E-state index in [2.05, 4.69) is 23.1 Å². The molecular weight excluding hydrogens is 516 g/mol. The summed E-state index contributed by atoms with van der Waals surface area (Å²) < 4.78 is 5.62. The van der Waals surface area contributed by atoms with Crippen LogP contribution < -0.4 is 16.4 Å². The average molecular weight is 549 g/mol. The lowest BCUT2D eigenvalue weighted by Gasteiger charge is -2.36. The number of benzene rings is 2. The fourth-order valence-electron chi connectivity index (χ4n) is 5.92. The average Bonchev–Trinajstić information content (AvgIpc) is 3.52. The Morgan fingerprint density at radius 2 is 1.92 bits per heavy atom. The number of hydrogen-bond donors (Lipinski definition) is 3. The van der Waals surface area contributed by atoms with E-state index >= 15 is 0 Å². The Bertz CT molecular complexity index is 1300. The van der Waals surface area contributed by atoms with Crippen molar-refractivity contribution in [2.75, 3.05) is 31.2 Å². The van der Waals surface area contributed by atoms with Crippen molar-refractivity contribution >= 4 is 35.2 Å². The number of carboxylic acid groups (broad SMARTS) is 1. The third-order valence-electron chi connectivity index (χ3n) is 7.57. The second-order valence-electron chi connectivity index (χ2n) is 9.86. The molecule has 0 aromatic heterocycles. The maximum atomic E-state index is 12.6. The number of anilines is 1. The summed E-state index contributed by atoms with van der Waals surface area (Å²) in [7, 11) is 0. The topological polar surface area (TPSA) is 139 Å². The first-order chi connectivity index (χ1) is 18.9. The Morgan fingerprint density at radius 3 is 2.64 bits per heavy atom. The molecule has 5 atom stereocenters. The number of nitrogens with two attached hydrogens (primary N) is 2. The molecule has 3 fully saturated rings. The number of ether oxygens (including phenoxy) is 1. The fraction of sp³-hybridized carbons (Fsp3) is 0.345. The molecule has 9 nitrogen and oxygen atoms in total. The molecule has 39 heavy (non-hydrogen) atoms. The van der Waals surface area contributed by atoms with Crippen LogP contribution in [0.1, 0.15) is 15.9 Å². The van der Waals surface area contributed by atoms with Crippen LogP contribution in [-0.4, -0.2) is 70.6 Å². The maximum Gasteiger partial charge on any atom is 0.323 e. The summed E-state index contributed by atoms with van der Waals surface area (Å²) in [4.78, 5) is 39.0. The van der Waals surface area contributed by atoms with Crippen molar-refractivity contribution in [1.29, 1.82) is 0 Å². The number of aliphatic carboxylic acids is 1. The highest BCUT2D eigenvalue weighted by Gasteiger charge is 2.58. The lowest BCUT2D eigenvalue weighted by molar-refractivity contribution is -0.135. The van der Waals surface area contributed by atoms with Crippen LogP contribution in [0.2, 0.25) is 0 Å². The number of morpholine rings is 1. The molecule has 3 heterocycles. The van der Waals surface area contributed by atoms with E-state index in [1.807, 2.05) is 12.1 Å². The first-order valence-electron chi connectivity index (χ1n) is 12.9. The van der Waals surface area contributed by atoms with Crippen LogP contribution in [0.15, 0.2) is 78.5 Å². The molecule has 0 radical (unpaired) electrons. The van der Waals surface area contributed by atoms with Gasteiger partial charge in [-0.25, -0.2) is 0 Å².